The maximum atomic E-state index is 11.9. The molecule has 0 aliphatic heterocycles. The summed E-state index contributed by atoms with van der Waals surface area (Å²) in [5, 5.41) is 0. The second kappa shape index (κ2) is 4.18. The Hall–Kier alpha value is -1.10. The highest BCUT2D eigenvalue weighted by molar-refractivity contribution is 5.89. The molecule has 5 nitrogen and oxygen atoms in total. The van der Waals surface area contributed by atoms with Gasteiger partial charge in [-0.15, -0.1) is 0 Å². The van der Waals surface area contributed by atoms with E-state index in [9.17, 15) is 9.59 Å². The summed E-state index contributed by atoms with van der Waals surface area (Å²) in [4.78, 5) is 26.2. The van der Waals surface area contributed by atoms with Gasteiger partial charge in [0.2, 0.25) is 11.8 Å². The smallest absolute Gasteiger partial charge is 0.241 e. The van der Waals surface area contributed by atoms with Gasteiger partial charge in [0.1, 0.15) is 0 Å². The van der Waals surface area contributed by atoms with E-state index < -0.39 is 0 Å². The molecule has 0 aromatic rings. The summed E-state index contributed by atoms with van der Waals surface area (Å²) in [7, 11) is 5.01. The molecule has 2 amide bonds. The highest BCUT2D eigenvalue weighted by atomic mass is 16.2. The van der Waals surface area contributed by atoms with E-state index in [1.807, 2.05) is 0 Å². The van der Waals surface area contributed by atoms with E-state index in [0.29, 0.717) is 6.54 Å². The Labute approximate surface area is 90.2 Å². The number of carbonyl (C=O) groups excluding carboxylic acids is 2. The lowest BCUT2D eigenvalue weighted by Crippen LogP contribution is -2.43. The van der Waals surface area contributed by atoms with Crippen molar-refractivity contribution < 1.29 is 9.59 Å². The summed E-state index contributed by atoms with van der Waals surface area (Å²) < 4.78 is 0. The van der Waals surface area contributed by atoms with E-state index in [-0.39, 0.29) is 23.8 Å². The summed E-state index contributed by atoms with van der Waals surface area (Å²) >= 11 is 0. The maximum Gasteiger partial charge on any atom is 0.241 e. The van der Waals surface area contributed by atoms with Crippen molar-refractivity contribution in [2.45, 2.75) is 12.8 Å². The van der Waals surface area contributed by atoms with Crippen LogP contribution in [0.15, 0.2) is 0 Å². The van der Waals surface area contributed by atoms with Crippen LogP contribution in [0.3, 0.4) is 0 Å². The number of amides is 2. The van der Waals surface area contributed by atoms with Crippen molar-refractivity contribution in [3.05, 3.63) is 0 Å². The fourth-order valence-corrected chi connectivity index (χ4v) is 1.48. The fraction of sp³-hybridized carbons (Fsp3) is 0.800. The summed E-state index contributed by atoms with van der Waals surface area (Å²) in [6, 6.07) is 0. The molecule has 0 aromatic heterocycles. The monoisotopic (exact) mass is 213 g/mol. The lowest BCUT2D eigenvalue weighted by atomic mass is 10.1. The third-order valence-corrected chi connectivity index (χ3v) is 2.92. The highest BCUT2D eigenvalue weighted by Crippen LogP contribution is 2.45. The zero-order chi connectivity index (χ0) is 11.6. The topological polar surface area (TPSA) is 66.6 Å². The van der Waals surface area contributed by atoms with Crippen molar-refractivity contribution in [3.8, 4) is 0 Å². The van der Waals surface area contributed by atoms with Crippen molar-refractivity contribution in [2.24, 2.45) is 11.1 Å². The van der Waals surface area contributed by atoms with Gasteiger partial charge in [-0.1, -0.05) is 0 Å². The first-order valence-corrected chi connectivity index (χ1v) is 5.09. The molecule has 0 heterocycles. The van der Waals surface area contributed by atoms with E-state index >= 15 is 0 Å². The van der Waals surface area contributed by atoms with E-state index in [1.54, 1.807) is 21.1 Å². The molecule has 0 saturated heterocycles. The van der Waals surface area contributed by atoms with Crippen LogP contribution in [-0.4, -0.2) is 55.8 Å². The van der Waals surface area contributed by atoms with Crippen LogP contribution in [0.5, 0.6) is 0 Å². The van der Waals surface area contributed by atoms with Crippen LogP contribution < -0.4 is 5.73 Å². The van der Waals surface area contributed by atoms with E-state index in [0.717, 1.165) is 12.8 Å². The molecular formula is C10H19N3O2. The molecule has 0 unspecified atom stereocenters. The zero-order valence-electron chi connectivity index (χ0n) is 9.62. The van der Waals surface area contributed by atoms with Gasteiger partial charge in [-0.05, 0) is 12.8 Å². The Bertz CT molecular complexity index is 272. The van der Waals surface area contributed by atoms with Crippen LogP contribution in [0.2, 0.25) is 0 Å². The minimum atomic E-state index is -0.360. The number of carbonyl (C=O) groups is 2. The molecule has 1 aliphatic rings. The minimum absolute atomic E-state index is 0.000185. The molecule has 0 atom stereocenters. The van der Waals surface area contributed by atoms with E-state index in [2.05, 4.69) is 0 Å². The van der Waals surface area contributed by atoms with Crippen molar-refractivity contribution in [3.63, 3.8) is 0 Å². The molecule has 1 saturated carbocycles. The van der Waals surface area contributed by atoms with Crippen LogP contribution in [0.25, 0.3) is 0 Å². The molecule has 1 rings (SSSR count). The molecule has 0 bridgehead atoms. The number of hydrogen-bond acceptors (Lipinski definition) is 3. The lowest BCUT2D eigenvalue weighted by molar-refractivity contribution is -0.141. The van der Waals surface area contributed by atoms with Gasteiger partial charge in [0.25, 0.3) is 0 Å². The molecule has 1 aliphatic carbocycles. The molecule has 15 heavy (non-hydrogen) atoms. The first kappa shape index (κ1) is 12.0. The van der Waals surface area contributed by atoms with Crippen LogP contribution in [-0.2, 0) is 9.59 Å². The highest BCUT2D eigenvalue weighted by Gasteiger charge is 2.50. The SMILES string of the molecule is CN(C)C(=O)CN(C)C(=O)C1(CN)CC1. The Morgan fingerprint density at radius 2 is 1.80 bits per heavy atom. The van der Waals surface area contributed by atoms with Crippen LogP contribution in [0, 0.1) is 5.41 Å². The number of likely N-dealkylation sites (N-methyl/N-ethyl adjacent to an activating group) is 2. The predicted octanol–water partition coefficient (Wildman–Crippen LogP) is -0.728. The lowest BCUT2D eigenvalue weighted by Gasteiger charge is -2.23. The van der Waals surface area contributed by atoms with Gasteiger partial charge in [-0.3, -0.25) is 9.59 Å². The number of nitrogens with two attached hydrogens (primary N) is 1. The van der Waals surface area contributed by atoms with Gasteiger partial charge >= 0.3 is 0 Å². The Balaban J connectivity index is 2.51. The second-order valence-electron chi connectivity index (χ2n) is 4.43. The van der Waals surface area contributed by atoms with Gasteiger partial charge in [-0.25, -0.2) is 0 Å². The number of nitrogens with zero attached hydrogens (tertiary/aromatic N) is 2. The first-order valence-electron chi connectivity index (χ1n) is 5.09. The second-order valence-corrected chi connectivity index (χ2v) is 4.43. The van der Waals surface area contributed by atoms with Gasteiger partial charge in [-0.2, -0.15) is 0 Å². The van der Waals surface area contributed by atoms with Gasteiger partial charge in [0.05, 0.1) is 12.0 Å². The molecule has 1 fully saturated rings. The standard InChI is InChI=1S/C10H19N3O2/c1-12(2)8(14)6-13(3)9(15)10(7-11)4-5-10/h4-7,11H2,1-3H3. The summed E-state index contributed by atoms with van der Waals surface area (Å²) in [6.45, 7) is 0.514. The first-order chi connectivity index (χ1) is 6.93. The fourth-order valence-electron chi connectivity index (χ4n) is 1.48. The van der Waals surface area contributed by atoms with Gasteiger partial charge < -0.3 is 15.5 Å². The van der Waals surface area contributed by atoms with Crippen LogP contribution in [0.1, 0.15) is 12.8 Å². The maximum absolute atomic E-state index is 11.9. The Morgan fingerprint density at radius 1 is 1.27 bits per heavy atom. The molecule has 0 radical (unpaired) electrons. The Kier molecular flexibility index (Phi) is 3.34. The molecule has 0 spiro atoms. The van der Waals surface area contributed by atoms with Crippen molar-refractivity contribution in [2.75, 3.05) is 34.2 Å². The van der Waals surface area contributed by atoms with Crippen molar-refractivity contribution >= 4 is 11.8 Å². The Morgan fingerprint density at radius 3 is 2.13 bits per heavy atom. The van der Waals surface area contributed by atoms with E-state index in [1.165, 1.54) is 9.80 Å². The number of rotatable bonds is 4. The summed E-state index contributed by atoms with van der Waals surface area (Å²) in [6.07, 6.45) is 1.70. The largest absolute Gasteiger partial charge is 0.347 e. The van der Waals surface area contributed by atoms with Crippen LogP contribution in [0.4, 0.5) is 0 Å². The average Bonchev–Trinajstić information content (AvgIpc) is 2.96. The molecule has 5 heteroatoms. The molecule has 2 N–H and O–H groups in total. The predicted molar refractivity (Wildman–Crippen MR) is 57.1 cm³/mol. The average molecular weight is 213 g/mol. The number of hydrogen-bond donors (Lipinski definition) is 1. The third-order valence-electron chi connectivity index (χ3n) is 2.92. The molecule has 86 valence electrons. The molecule has 0 aromatic carbocycles. The quantitative estimate of drug-likeness (QED) is 0.669. The van der Waals surface area contributed by atoms with Gasteiger partial charge in [0.15, 0.2) is 0 Å². The van der Waals surface area contributed by atoms with Crippen molar-refractivity contribution in [1.82, 2.24) is 9.80 Å². The summed E-state index contributed by atoms with van der Waals surface area (Å²) in [5.41, 5.74) is 5.20. The minimum Gasteiger partial charge on any atom is -0.347 e. The van der Waals surface area contributed by atoms with E-state index in [4.69, 9.17) is 5.73 Å². The van der Waals surface area contributed by atoms with Crippen LogP contribution >= 0.6 is 0 Å². The third kappa shape index (κ3) is 2.47. The molecular weight excluding hydrogens is 194 g/mol. The van der Waals surface area contributed by atoms with Gasteiger partial charge in [0, 0.05) is 27.7 Å². The zero-order valence-corrected chi connectivity index (χ0v) is 9.62. The van der Waals surface area contributed by atoms with Crippen molar-refractivity contribution in [1.29, 1.82) is 0 Å². The summed E-state index contributed by atoms with van der Waals surface area (Å²) in [5.74, 6) is -0.0705. The normalized spacial score (nSPS) is 17.1.